The fourth-order valence-corrected chi connectivity index (χ4v) is 2.11. The van der Waals surface area contributed by atoms with Gasteiger partial charge in [0.05, 0.1) is 11.0 Å². The van der Waals surface area contributed by atoms with Crippen LogP contribution >= 0.6 is 0 Å². The highest BCUT2D eigenvalue weighted by Crippen LogP contribution is 2.29. The lowest BCUT2D eigenvalue weighted by molar-refractivity contribution is 0.696. The molecule has 0 aliphatic rings. The van der Waals surface area contributed by atoms with Crippen LogP contribution in [-0.2, 0) is 0 Å². The van der Waals surface area contributed by atoms with Crippen molar-refractivity contribution in [3.63, 3.8) is 0 Å². The predicted octanol–water partition coefficient (Wildman–Crippen LogP) is 4.27. The largest absolute Gasteiger partial charge is 0.255 e. The zero-order valence-electron chi connectivity index (χ0n) is 11.1. The van der Waals surface area contributed by atoms with E-state index in [0.717, 1.165) is 17.5 Å². The molecule has 0 amide bonds. The van der Waals surface area contributed by atoms with Gasteiger partial charge in [-0.25, -0.2) is 0 Å². The second kappa shape index (κ2) is 4.82. The Morgan fingerprint density at radius 1 is 1.18 bits per heavy atom. The molecule has 17 heavy (non-hydrogen) atoms. The summed E-state index contributed by atoms with van der Waals surface area (Å²) in [5.74, 6) is 1.01. The van der Waals surface area contributed by atoms with Gasteiger partial charge in [0.15, 0.2) is 0 Å². The van der Waals surface area contributed by atoms with Crippen molar-refractivity contribution >= 4 is 11.0 Å². The smallest absolute Gasteiger partial charge is 0.0890 e. The zero-order valence-corrected chi connectivity index (χ0v) is 11.1. The summed E-state index contributed by atoms with van der Waals surface area (Å²) < 4.78 is 0. The van der Waals surface area contributed by atoms with E-state index in [1.165, 1.54) is 11.3 Å². The van der Waals surface area contributed by atoms with Crippen LogP contribution in [0.2, 0.25) is 0 Å². The Morgan fingerprint density at radius 3 is 2.59 bits per heavy atom. The molecule has 2 aromatic rings. The van der Waals surface area contributed by atoms with Gasteiger partial charge < -0.3 is 0 Å². The maximum absolute atomic E-state index is 4.78. The second-order valence-electron chi connectivity index (χ2n) is 4.97. The van der Waals surface area contributed by atoms with Crippen molar-refractivity contribution in [1.82, 2.24) is 9.97 Å². The van der Waals surface area contributed by atoms with Gasteiger partial charge in [-0.2, -0.15) is 0 Å². The van der Waals surface area contributed by atoms with Crippen molar-refractivity contribution < 1.29 is 0 Å². The Hall–Kier alpha value is -1.44. The van der Waals surface area contributed by atoms with Crippen molar-refractivity contribution in [1.29, 1.82) is 0 Å². The van der Waals surface area contributed by atoms with Crippen LogP contribution in [0.3, 0.4) is 0 Å². The van der Waals surface area contributed by atoms with E-state index in [1.54, 1.807) is 0 Å². The molecule has 0 bridgehead atoms. The van der Waals surface area contributed by atoms with Crippen LogP contribution in [0.15, 0.2) is 24.4 Å². The molecule has 0 spiro atoms. The van der Waals surface area contributed by atoms with Gasteiger partial charge in [0.1, 0.15) is 0 Å². The molecule has 90 valence electrons. The van der Waals surface area contributed by atoms with Gasteiger partial charge in [0.25, 0.3) is 0 Å². The van der Waals surface area contributed by atoms with Crippen LogP contribution in [-0.4, -0.2) is 9.97 Å². The Balaban J connectivity index is 2.66. The lowest BCUT2D eigenvalue weighted by Gasteiger charge is -2.17. The van der Waals surface area contributed by atoms with Crippen LogP contribution < -0.4 is 0 Å². The minimum absolute atomic E-state index is 0.462. The van der Waals surface area contributed by atoms with Gasteiger partial charge in [-0.05, 0) is 42.0 Å². The Kier molecular flexibility index (Phi) is 3.41. The van der Waals surface area contributed by atoms with E-state index in [4.69, 9.17) is 4.98 Å². The minimum atomic E-state index is 0.462. The van der Waals surface area contributed by atoms with Gasteiger partial charge >= 0.3 is 0 Å². The van der Waals surface area contributed by atoms with Crippen LogP contribution in [0.1, 0.15) is 57.2 Å². The molecule has 2 aromatic heterocycles. The van der Waals surface area contributed by atoms with E-state index >= 15 is 0 Å². The number of aromatic nitrogens is 2. The molecule has 0 fully saturated rings. The maximum Gasteiger partial charge on any atom is 0.0890 e. The molecule has 0 saturated heterocycles. The summed E-state index contributed by atoms with van der Waals surface area (Å²) in [4.78, 5) is 9.18. The Morgan fingerprint density at radius 2 is 1.94 bits per heavy atom. The first-order chi connectivity index (χ1) is 8.13. The highest BCUT2D eigenvalue weighted by atomic mass is 14.8. The zero-order chi connectivity index (χ0) is 12.4. The Bertz CT molecular complexity index is 517. The normalized spacial score (nSPS) is 13.2. The van der Waals surface area contributed by atoms with Crippen molar-refractivity contribution in [2.45, 2.75) is 46.0 Å². The highest BCUT2D eigenvalue weighted by molar-refractivity contribution is 5.75. The molecule has 0 aliphatic carbocycles. The van der Waals surface area contributed by atoms with E-state index in [1.807, 2.05) is 18.3 Å². The molecule has 2 heteroatoms. The molecule has 1 unspecified atom stereocenters. The van der Waals surface area contributed by atoms with E-state index in [9.17, 15) is 0 Å². The summed E-state index contributed by atoms with van der Waals surface area (Å²) in [5, 5.41) is 0. The first kappa shape index (κ1) is 12.0. The standard InChI is InChI=1S/C15H20N2/c1-5-11(4)12-9-14-13(7-6-8-16-14)17-15(12)10(2)3/h6-11H,5H2,1-4H3. The molecule has 0 saturated carbocycles. The summed E-state index contributed by atoms with van der Waals surface area (Å²) in [6, 6.07) is 6.20. The number of pyridine rings is 2. The van der Waals surface area contributed by atoms with Crippen LogP contribution in [0.25, 0.3) is 11.0 Å². The van der Waals surface area contributed by atoms with Gasteiger partial charge in [0, 0.05) is 11.9 Å². The molecule has 1 atom stereocenters. The summed E-state index contributed by atoms with van der Waals surface area (Å²) in [7, 11) is 0. The fourth-order valence-electron chi connectivity index (χ4n) is 2.11. The van der Waals surface area contributed by atoms with Crippen LogP contribution in [0.4, 0.5) is 0 Å². The number of hydrogen-bond acceptors (Lipinski definition) is 2. The summed E-state index contributed by atoms with van der Waals surface area (Å²) in [6.45, 7) is 8.89. The monoisotopic (exact) mass is 228 g/mol. The van der Waals surface area contributed by atoms with Crippen molar-refractivity contribution in [2.24, 2.45) is 0 Å². The first-order valence-corrected chi connectivity index (χ1v) is 6.39. The lowest BCUT2D eigenvalue weighted by atomic mass is 9.92. The number of nitrogens with zero attached hydrogens (tertiary/aromatic N) is 2. The maximum atomic E-state index is 4.78. The van der Waals surface area contributed by atoms with Crippen LogP contribution in [0.5, 0.6) is 0 Å². The molecule has 0 aromatic carbocycles. The molecular weight excluding hydrogens is 208 g/mol. The number of hydrogen-bond donors (Lipinski definition) is 0. The van der Waals surface area contributed by atoms with Crippen LogP contribution in [0, 0.1) is 0 Å². The average Bonchev–Trinajstić information content (AvgIpc) is 2.36. The van der Waals surface area contributed by atoms with Gasteiger partial charge in [-0.3, -0.25) is 9.97 Å². The average molecular weight is 228 g/mol. The molecule has 0 N–H and O–H groups in total. The van der Waals surface area contributed by atoms with Crippen molar-refractivity contribution in [2.75, 3.05) is 0 Å². The van der Waals surface area contributed by atoms with Crippen molar-refractivity contribution in [3.8, 4) is 0 Å². The second-order valence-corrected chi connectivity index (χ2v) is 4.97. The summed E-state index contributed by atoms with van der Waals surface area (Å²) in [6.07, 6.45) is 2.97. The van der Waals surface area contributed by atoms with E-state index in [2.05, 4.69) is 38.7 Å². The quantitative estimate of drug-likeness (QED) is 0.784. The van der Waals surface area contributed by atoms with Gasteiger partial charge in [-0.15, -0.1) is 0 Å². The van der Waals surface area contributed by atoms with E-state index in [0.29, 0.717) is 11.8 Å². The molecular formula is C15H20N2. The fraction of sp³-hybridized carbons (Fsp3) is 0.467. The molecule has 0 radical (unpaired) electrons. The number of fused-ring (bicyclic) bond motifs is 1. The topological polar surface area (TPSA) is 25.8 Å². The molecule has 2 heterocycles. The third-order valence-electron chi connectivity index (χ3n) is 3.34. The van der Waals surface area contributed by atoms with Gasteiger partial charge in [-0.1, -0.05) is 27.7 Å². The Labute approximate surface area is 103 Å². The first-order valence-electron chi connectivity index (χ1n) is 6.39. The highest BCUT2D eigenvalue weighted by Gasteiger charge is 2.14. The third kappa shape index (κ3) is 2.31. The van der Waals surface area contributed by atoms with E-state index < -0.39 is 0 Å². The van der Waals surface area contributed by atoms with Crippen molar-refractivity contribution in [3.05, 3.63) is 35.7 Å². The SMILES string of the molecule is CCC(C)c1cc2ncccc2nc1C(C)C. The van der Waals surface area contributed by atoms with Gasteiger partial charge in [0.2, 0.25) is 0 Å². The molecule has 0 aliphatic heterocycles. The molecule has 2 nitrogen and oxygen atoms in total. The summed E-state index contributed by atoms with van der Waals surface area (Å²) >= 11 is 0. The molecule has 2 rings (SSSR count). The number of rotatable bonds is 3. The minimum Gasteiger partial charge on any atom is -0.255 e. The third-order valence-corrected chi connectivity index (χ3v) is 3.34. The summed E-state index contributed by atoms with van der Waals surface area (Å²) in [5.41, 5.74) is 4.59. The van der Waals surface area contributed by atoms with E-state index in [-0.39, 0.29) is 0 Å². The lowest BCUT2D eigenvalue weighted by Crippen LogP contribution is -2.04. The predicted molar refractivity (Wildman–Crippen MR) is 72.3 cm³/mol.